The van der Waals surface area contributed by atoms with Crippen molar-refractivity contribution in [3.8, 4) is 0 Å². The fourth-order valence-corrected chi connectivity index (χ4v) is 3.50. The van der Waals surface area contributed by atoms with Crippen LogP contribution in [0, 0.1) is 0 Å². The number of amides is 3. The second-order valence-corrected chi connectivity index (χ2v) is 7.57. The Hall–Kier alpha value is -3.11. The zero-order valence-electron chi connectivity index (χ0n) is 17.3. The van der Waals surface area contributed by atoms with Gasteiger partial charge in [-0.25, -0.2) is 4.79 Å². The lowest BCUT2D eigenvalue weighted by atomic mass is 10.2. The number of alkyl halides is 3. The lowest BCUT2D eigenvalue weighted by molar-refractivity contribution is -0.174. The van der Waals surface area contributed by atoms with Gasteiger partial charge in [0.15, 0.2) is 0 Å². The second-order valence-electron chi connectivity index (χ2n) is 7.57. The summed E-state index contributed by atoms with van der Waals surface area (Å²) in [4.78, 5) is 29.2. The molecule has 1 aliphatic heterocycles. The van der Waals surface area contributed by atoms with Gasteiger partial charge in [-0.1, -0.05) is 60.7 Å². The molecule has 2 aromatic carbocycles. The van der Waals surface area contributed by atoms with E-state index in [0.29, 0.717) is 13.1 Å². The quantitative estimate of drug-likeness (QED) is 0.648. The third-order valence-electron chi connectivity index (χ3n) is 5.16. The number of urea groups is 1. The van der Waals surface area contributed by atoms with Crippen LogP contribution in [0.2, 0.25) is 0 Å². The normalized spacial score (nSPS) is 16.2. The molecule has 1 aliphatic rings. The van der Waals surface area contributed by atoms with Gasteiger partial charge < -0.3 is 20.2 Å². The Morgan fingerprint density at radius 2 is 1.41 bits per heavy atom. The van der Waals surface area contributed by atoms with Gasteiger partial charge in [0, 0.05) is 19.6 Å². The maximum atomic E-state index is 13.1. The van der Waals surface area contributed by atoms with E-state index in [9.17, 15) is 27.9 Å². The first kappa shape index (κ1) is 23.6. The molecule has 0 unspecified atom stereocenters. The minimum atomic E-state index is -5.00. The van der Waals surface area contributed by atoms with Crippen molar-refractivity contribution in [1.82, 2.24) is 20.0 Å². The third kappa shape index (κ3) is 6.21. The minimum Gasteiger partial charge on any atom is -0.395 e. The second kappa shape index (κ2) is 10.5. The van der Waals surface area contributed by atoms with E-state index in [2.05, 4.69) is 0 Å². The van der Waals surface area contributed by atoms with Crippen molar-refractivity contribution in [2.45, 2.75) is 25.3 Å². The van der Waals surface area contributed by atoms with E-state index >= 15 is 0 Å². The first-order chi connectivity index (χ1) is 15.3. The number of nitrogens with zero attached hydrogens (tertiary/aromatic N) is 3. The number of rotatable bonds is 8. The Morgan fingerprint density at radius 3 is 1.81 bits per heavy atom. The molecule has 1 heterocycles. The Labute approximate surface area is 184 Å². The standard InChI is InChI=1S/C22H25F3N4O3/c23-22(24,25)20(31)26-11-19(14-30)29-15-27(12-17-7-3-1-4-8-17)21(32)28(16-29)13-18-9-5-2-6-10-18/h1-10,19,30H,11-16H2,(H,26,31)/t19-/m1/s1. The number of carbonyl (C=O) groups excluding carboxylic acids is 2. The lowest BCUT2D eigenvalue weighted by Crippen LogP contribution is -2.62. The highest BCUT2D eigenvalue weighted by Gasteiger charge is 2.39. The van der Waals surface area contributed by atoms with Crippen LogP contribution in [-0.4, -0.2) is 70.5 Å². The maximum Gasteiger partial charge on any atom is 0.471 e. The minimum absolute atomic E-state index is 0.103. The van der Waals surface area contributed by atoms with Crippen molar-refractivity contribution < 1.29 is 27.9 Å². The van der Waals surface area contributed by atoms with Gasteiger partial charge in [-0.2, -0.15) is 13.2 Å². The highest BCUT2D eigenvalue weighted by Crippen LogP contribution is 2.19. The molecule has 2 aromatic rings. The molecule has 7 nitrogen and oxygen atoms in total. The van der Waals surface area contributed by atoms with Crippen LogP contribution in [0.1, 0.15) is 11.1 Å². The van der Waals surface area contributed by atoms with E-state index in [1.54, 1.807) is 14.7 Å². The number of benzene rings is 2. The number of hydrogen-bond donors (Lipinski definition) is 2. The van der Waals surface area contributed by atoms with Crippen LogP contribution >= 0.6 is 0 Å². The Morgan fingerprint density at radius 1 is 0.938 bits per heavy atom. The number of aliphatic hydroxyl groups is 1. The molecular formula is C22H25F3N4O3. The number of carbonyl (C=O) groups is 2. The van der Waals surface area contributed by atoms with Gasteiger partial charge >= 0.3 is 18.1 Å². The largest absolute Gasteiger partial charge is 0.471 e. The van der Waals surface area contributed by atoms with E-state index in [1.165, 1.54) is 0 Å². The summed E-state index contributed by atoms with van der Waals surface area (Å²) in [5, 5.41) is 11.6. The van der Waals surface area contributed by atoms with Crippen LogP contribution in [-0.2, 0) is 17.9 Å². The summed E-state index contributed by atoms with van der Waals surface area (Å²) < 4.78 is 37.7. The molecule has 32 heavy (non-hydrogen) atoms. The van der Waals surface area contributed by atoms with Crippen molar-refractivity contribution in [2.24, 2.45) is 0 Å². The van der Waals surface area contributed by atoms with Crippen LogP contribution < -0.4 is 5.32 Å². The molecule has 3 amide bonds. The van der Waals surface area contributed by atoms with E-state index in [1.807, 2.05) is 66.0 Å². The zero-order chi connectivity index (χ0) is 23.1. The van der Waals surface area contributed by atoms with Crippen molar-refractivity contribution >= 4 is 11.9 Å². The van der Waals surface area contributed by atoms with Gasteiger partial charge in [-0.05, 0) is 11.1 Å². The van der Waals surface area contributed by atoms with E-state index in [-0.39, 0.29) is 19.4 Å². The topological polar surface area (TPSA) is 76.1 Å². The molecule has 1 saturated heterocycles. The number of hydrogen-bond acceptors (Lipinski definition) is 4. The fraction of sp³-hybridized carbons (Fsp3) is 0.364. The van der Waals surface area contributed by atoms with Crippen molar-refractivity contribution in [3.05, 3.63) is 71.8 Å². The Kier molecular flexibility index (Phi) is 7.70. The molecule has 10 heteroatoms. The van der Waals surface area contributed by atoms with Gasteiger partial charge in [0.2, 0.25) is 0 Å². The maximum absolute atomic E-state index is 13.1. The van der Waals surface area contributed by atoms with Gasteiger partial charge in [0.05, 0.1) is 26.0 Å². The third-order valence-corrected chi connectivity index (χ3v) is 5.16. The molecule has 0 bridgehead atoms. The summed E-state index contributed by atoms with van der Waals surface area (Å²) in [6.07, 6.45) is -5.00. The smallest absolute Gasteiger partial charge is 0.395 e. The monoisotopic (exact) mass is 450 g/mol. The van der Waals surface area contributed by atoms with Crippen LogP contribution in [0.15, 0.2) is 60.7 Å². The zero-order valence-corrected chi connectivity index (χ0v) is 17.3. The summed E-state index contributed by atoms with van der Waals surface area (Å²) in [6, 6.07) is 17.6. The van der Waals surface area contributed by atoms with Crippen molar-refractivity contribution in [1.29, 1.82) is 0 Å². The molecule has 0 radical (unpaired) electrons. The predicted octanol–water partition coefficient (Wildman–Crippen LogP) is 2.38. The lowest BCUT2D eigenvalue weighted by Gasteiger charge is -2.45. The van der Waals surface area contributed by atoms with Crippen LogP contribution in [0.25, 0.3) is 0 Å². The predicted molar refractivity (Wildman–Crippen MR) is 111 cm³/mol. The average Bonchev–Trinajstić information content (AvgIpc) is 2.77. The summed E-state index contributed by atoms with van der Waals surface area (Å²) in [5.41, 5.74) is 1.79. The number of nitrogens with one attached hydrogen (secondary N) is 1. The molecule has 0 saturated carbocycles. The molecule has 1 atom stereocenters. The first-order valence-corrected chi connectivity index (χ1v) is 10.1. The molecule has 0 aliphatic carbocycles. The van der Waals surface area contributed by atoms with Crippen molar-refractivity contribution in [2.75, 3.05) is 26.5 Å². The fourth-order valence-electron chi connectivity index (χ4n) is 3.50. The summed E-state index contributed by atoms with van der Waals surface area (Å²) in [6.45, 7) is -0.0760. The highest BCUT2D eigenvalue weighted by molar-refractivity contribution is 5.81. The van der Waals surface area contributed by atoms with Gasteiger partial charge in [0.25, 0.3) is 0 Å². The summed E-state index contributed by atoms with van der Waals surface area (Å²) in [7, 11) is 0. The molecule has 1 fully saturated rings. The SMILES string of the molecule is O=C1N(Cc2ccccc2)CN([C@@H](CO)CNC(=O)C(F)(F)F)CN1Cc1ccccc1. The summed E-state index contributed by atoms with van der Waals surface area (Å²) in [5.74, 6) is -2.06. The van der Waals surface area contributed by atoms with Crippen LogP contribution in [0.3, 0.4) is 0 Å². The number of aliphatic hydroxyl groups excluding tert-OH is 1. The Balaban J connectivity index is 1.77. The van der Waals surface area contributed by atoms with Gasteiger partial charge in [0.1, 0.15) is 0 Å². The number of halogens is 3. The van der Waals surface area contributed by atoms with Crippen LogP contribution in [0.4, 0.5) is 18.0 Å². The molecule has 172 valence electrons. The highest BCUT2D eigenvalue weighted by atomic mass is 19.4. The first-order valence-electron chi connectivity index (χ1n) is 10.1. The molecule has 0 spiro atoms. The van der Waals surface area contributed by atoms with Gasteiger partial charge in [-0.15, -0.1) is 0 Å². The average molecular weight is 450 g/mol. The van der Waals surface area contributed by atoms with E-state index < -0.39 is 31.3 Å². The summed E-state index contributed by atoms with van der Waals surface area (Å²) >= 11 is 0. The van der Waals surface area contributed by atoms with E-state index in [0.717, 1.165) is 11.1 Å². The Bertz CT molecular complexity index is 843. The molecule has 2 N–H and O–H groups in total. The van der Waals surface area contributed by atoms with Crippen LogP contribution in [0.5, 0.6) is 0 Å². The molecule has 3 rings (SSSR count). The molecule has 0 aromatic heterocycles. The van der Waals surface area contributed by atoms with Gasteiger partial charge in [-0.3, -0.25) is 9.69 Å². The van der Waals surface area contributed by atoms with E-state index in [4.69, 9.17) is 0 Å². The van der Waals surface area contributed by atoms with Crippen molar-refractivity contribution in [3.63, 3.8) is 0 Å². The molecular weight excluding hydrogens is 425 g/mol.